The average molecular weight is 225 g/mol. The minimum Gasteiger partial charge on any atom is -0.334 e. The van der Waals surface area contributed by atoms with E-state index in [1.54, 1.807) is 6.20 Å². The maximum Gasteiger partial charge on any atom is 0.319 e. The molecule has 0 spiro atoms. The van der Waals surface area contributed by atoms with E-state index in [9.17, 15) is 4.79 Å². The summed E-state index contributed by atoms with van der Waals surface area (Å²) < 4.78 is 0. The van der Waals surface area contributed by atoms with Gasteiger partial charge in [-0.1, -0.05) is 30.3 Å². The molecule has 1 aliphatic heterocycles. The lowest BCUT2D eigenvalue weighted by atomic mass is 10.1. The summed E-state index contributed by atoms with van der Waals surface area (Å²) in [6.07, 6.45) is 1.80. The van der Waals surface area contributed by atoms with E-state index >= 15 is 0 Å². The van der Waals surface area contributed by atoms with Crippen LogP contribution in [0.15, 0.2) is 42.6 Å². The lowest BCUT2D eigenvalue weighted by Crippen LogP contribution is -2.33. The summed E-state index contributed by atoms with van der Waals surface area (Å²) in [5.74, 6) is 0. The fourth-order valence-electron chi connectivity index (χ4n) is 1.85. The van der Waals surface area contributed by atoms with Crippen molar-refractivity contribution in [3.8, 4) is 11.3 Å². The molecule has 4 nitrogen and oxygen atoms in total. The third-order valence-electron chi connectivity index (χ3n) is 2.74. The molecule has 4 heteroatoms. The highest BCUT2D eigenvalue weighted by Crippen LogP contribution is 2.24. The quantitative estimate of drug-likeness (QED) is 0.782. The van der Waals surface area contributed by atoms with E-state index in [0.29, 0.717) is 6.54 Å². The van der Waals surface area contributed by atoms with Gasteiger partial charge in [0.1, 0.15) is 0 Å². The predicted molar refractivity (Wildman–Crippen MR) is 65.5 cm³/mol. The largest absolute Gasteiger partial charge is 0.334 e. The Morgan fingerprint density at radius 3 is 2.82 bits per heavy atom. The zero-order valence-electron chi connectivity index (χ0n) is 9.10. The van der Waals surface area contributed by atoms with Crippen molar-refractivity contribution >= 4 is 11.7 Å². The SMILES string of the molecule is O=C1NCc2cnc(-c3ccccc3)cc2N1. The number of benzene rings is 1. The fourth-order valence-corrected chi connectivity index (χ4v) is 1.85. The Labute approximate surface area is 98.7 Å². The van der Waals surface area contributed by atoms with E-state index in [-0.39, 0.29) is 6.03 Å². The summed E-state index contributed by atoms with van der Waals surface area (Å²) >= 11 is 0. The molecular weight excluding hydrogens is 214 g/mol. The number of anilines is 1. The highest BCUT2D eigenvalue weighted by Gasteiger charge is 2.14. The van der Waals surface area contributed by atoms with Gasteiger partial charge in [-0.3, -0.25) is 4.98 Å². The lowest BCUT2D eigenvalue weighted by Gasteiger charge is -2.18. The molecule has 2 N–H and O–H groups in total. The van der Waals surface area contributed by atoms with Crippen LogP contribution in [-0.4, -0.2) is 11.0 Å². The van der Waals surface area contributed by atoms with Crippen molar-refractivity contribution in [3.05, 3.63) is 48.2 Å². The van der Waals surface area contributed by atoms with Gasteiger partial charge >= 0.3 is 6.03 Å². The van der Waals surface area contributed by atoms with Gasteiger partial charge in [-0.05, 0) is 6.07 Å². The molecule has 0 atom stereocenters. The Balaban J connectivity index is 2.04. The third kappa shape index (κ3) is 1.85. The van der Waals surface area contributed by atoms with Gasteiger partial charge in [0.25, 0.3) is 0 Å². The molecule has 1 aromatic carbocycles. The van der Waals surface area contributed by atoms with Crippen LogP contribution in [0.4, 0.5) is 10.5 Å². The number of hydrogen-bond acceptors (Lipinski definition) is 2. The second-order valence-electron chi connectivity index (χ2n) is 3.90. The van der Waals surface area contributed by atoms with Crippen LogP contribution in [0, 0.1) is 0 Å². The smallest absolute Gasteiger partial charge is 0.319 e. The molecular formula is C13H11N3O. The van der Waals surface area contributed by atoms with Crippen LogP contribution >= 0.6 is 0 Å². The molecule has 0 saturated carbocycles. The highest BCUT2D eigenvalue weighted by molar-refractivity contribution is 5.92. The van der Waals surface area contributed by atoms with Crippen molar-refractivity contribution in [1.29, 1.82) is 0 Å². The number of nitrogens with one attached hydrogen (secondary N) is 2. The van der Waals surface area contributed by atoms with Gasteiger partial charge < -0.3 is 10.6 Å². The van der Waals surface area contributed by atoms with Gasteiger partial charge in [0, 0.05) is 23.9 Å². The zero-order chi connectivity index (χ0) is 11.7. The van der Waals surface area contributed by atoms with Crippen LogP contribution < -0.4 is 10.6 Å². The first kappa shape index (κ1) is 9.84. The van der Waals surface area contributed by atoms with E-state index in [1.165, 1.54) is 0 Å². The second kappa shape index (κ2) is 3.90. The van der Waals surface area contributed by atoms with Gasteiger partial charge in [-0.25, -0.2) is 4.79 Å². The van der Waals surface area contributed by atoms with Crippen LogP contribution in [0.3, 0.4) is 0 Å². The van der Waals surface area contributed by atoms with Crippen molar-refractivity contribution in [3.63, 3.8) is 0 Å². The number of rotatable bonds is 1. The van der Waals surface area contributed by atoms with E-state index in [2.05, 4.69) is 15.6 Å². The molecule has 1 aromatic heterocycles. The van der Waals surface area contributed by atoms with Gasteiger partial charge in [-0.2, -0.15) is 0 Å². The molecule has 17 heavy (non-hydrogen) atoms. The fraction of sp³-hybridized carbons (Fsp3) is 0.0769. The van der Waals surface area contributed by atoms with E-state index in [1.807, 2.05) is 36.4 Å². The van der Waals surface area contributed by atoms with Crippen LogP contribution in [0.1, 0.15) is 5.56 Å². The first-order chi connectivity index (χ1) is 8.33. The van der Waals surface area contributed by atoms with Crippen molar-refractivity contribution in [2.75, 3.05) is 5.32 Å². The van der Waals surface area contributed by atoms with Crippen LogP contribution in [0.25, 0.3) is 11.3 Å². The Bertz CT molecular complexity index is 566. The second-order valence-corrected chi connectivity index (χ2v) is 3.90. The maximum atomic E-state index is 11.2. The van der Waals surface area contributed by atoms with E-state index in [4.69, 9.17) is 0 Å². The van der Waals surface area contributed by atoms with Crippen molar-refractivity contribution in [1.82, 2.24) is 10.3 Å². The minimum atomic E-state index is -0.164. The molecule has 2 aromatic rings. The lowest BCUT2D eigenvalue weighted by molar-refractivity contribution is 0.251. The van der Waals surface area contributed by atoms with Crippen molar-refractivity contribution in [2.45, 2.75) is 6.54 Å². The molecule has 2 heterocycles. The Kier molecular flexibility index (Phi) is 2.26. The number of urea groups is 1. The Morgan fingerprint density at radius 1 is 1.18 bits per heavy atom. The molecule has 0 aliphatic carbocycles. The summed E-state index contributed by atoms with van der Waals surface area (Å²) in [4.78, 5) is 15.6. The van der Waals surface area contributed by atoms with Crippen molar-refractivity contribution in [2.24, 2.45) is 0 Å². The average Bonchev–Trinajstić information content (AvgIpc) is 2.39. The molecule has 0 unspecified atom stereocenters. The standard InChI is InChI=1S/C13H11N3O/c17-13-15-8-10-7-14-11(6-12(10)16-13)9-4-2-1-3-5-9/h1-7H,8H2,(H2,15,16,17). The van der Waals surface area contributed by atoms with Crippen LogP contribution in [-0.2, 0) is 6.54 Å². The number of nitrogens with zero attached hydrogens (tertiary/aromatic N) is 1. The Morgan fingerprint density at radius 2 is 2.00 bits per heavy atom. The minimum absolute atomic E-state index is 0.164. The molecule has 0 bridgehead atoms. The molecule has 0 fully saturated rings. The monoisotopic (exact) mass is 225 g/mol. The van der Waals surface area contributed by atoms with E-state index in [0.717, 1.165) is 22.5 Å². The number of carbonyl (C=O) groups is 1. The topological polar surface area (TPSA) is 54.0 Å². The third-order valence-corrected chi connectivity index (χ3v) is 2.74. The molecule has 0 saturated heterocycles. The first-order valence-corrected chi connectivity index (χ1v) is 5.42. The Hall–Kier alpha value is -2.36. The number of carbonyl (C=O) groups excluding carboxylic acids is 1. The molecule has 1 aliphatic rings. The zero-order valence-corrected chi connectivity index (χ0v) is 9.10. The number of hydrogen-bond donors (Lipinski definition) is 2. The summed E-state index contributed by atoms with van der Waals surface area (Å²) in [7, 11) is 0. The van der Waals surface area contributed by atoms with Gasteiger partial charge in [-0.15, -0.1) is 0 Å². The maximum absolute atomic E-state index is 11.2. The van der Waals surface area contributed by atoms with Gasteiger partial charge in [0.05, 0.1) is 11.4 Å². The van der Waals surface area contributed by atoms with Gasteiger partial charge in [0.2, 0.25) is 0 Å². The molecule has 3 rings (SSSR count). The summed E-state index contributed by atoms with van der Waals surface area (Å²) in [5, 5.41) is 5.49. The molecule has 2 amide bonds. The van der Waals surface area contributed by atoms with Crippen LogP contribution in [0.2, 0.25) is 0 Å². The number of amides is 2. The molecule has 84 valence electrons. The number of pyridine rings is 1. The summed E-state index contributed by atoms with van der Waals surface area (Å²) in [6.45, 7) is 0.531. The van der Waals surface area contributed by atoms with E-state index < -0.39 is 0 Å². The summed E-state index contributed by atoms with van der Waals surface area (Å²) in [6, 6.07) is 11.6. The predicted octanol–water partition coefficient (Wildman–Crippen LogP) is 2.38. The summed E-state index contributed by atoms with van der Waals surface area (Å²) in [5.41, 5.74) is 3.75. The number of fused-ring (bicyclic) bond motifs is 1. The highest BCUT2D eigenvalue weighted by atomic mass is 16.2. The molecule has 0 radical (unpaired) electrons. The van der Waals surface area contributed by atoms with Crippen molar-refractivity contribution < 1.29 is 4.79 Å². The van der Waals surface area contributed by atoms with Crippen LogP contribution in [0.5, 0.6) is 0 Å². The number of aromatic nitrogens is 1. The van der Waals surface area contributed by atoms with Gasteiger partial charge in [0.15, 0.2) is 0 Å². The first-order valence-electron chi connectivity index (χ1n) is 5.42. The normalized spacial score (nSPS) is 13.5.